The third-order valence-corrected chi connectivity index (χ3v) is 4.77. The zero-order valence-electron chi connectivity index (χ0n) is 12.2. The van der Waals surface area contributed by atoms with E-state index >= 15 is 0 Å². The lowest BCUT2D eigenvalue weighted by Gasteiger charge is -2.21. The Balaban J connectivity index is 2.16. The molecule has 1 aliphatic heterocycles. The van der Waals surface area contributed by atoms with Gasteiger partial charge in [-0.3, -0.25) is 9.59 Å². The van der Waals surface area contributed by atoms with E-state index in [9.17, 15) is 14.4 Å². The van der Waals surface area contributed by atoms with Crippen LogP contribution < -0.4 is 10.6 Å². The van der Waals surface area contributed by atoms with Crippen molar-refractivity contribution in [2.45, 2.75) is 26.7 Å². The lowest BCUT2D eigenvalue weighted by molar-refractivity contribution is -0.126. The van der Waals surface area contributed by atoms with Crippen molar-refractivity contribution in [2.24, 2.45) is 5.92 Å². The average Bonchev–Trinajstić information content (AvgIpc) is 2.73. The first-order chi connectivity index (χ1) is 9.93. The molecule has 7 heteroatoms. The molecule has 1 unspecified atom stereocenters. The van der Waals surface area contributed by atoms with Crippen molar-refractivity contribution in [3.8, 4) is 0 Å². The fourth-order valence-corrected chi connectivity index (χ4v) is 3.28. The first-order valence-corrected chi connectivity index (χ1v) is 7.51. The lowest BCUT2D eigenvalue weighted by Crippen LogP contribution is -2.40. The van der Waals surface area contributed by atoms with Crippen molar-refractivity contribution in [1.29, 1.82) is 0 Å². The summed E-state index contributed by atoms with van der Waals surface area (Å²) in [5.41, 5.74) is 1.23. The van der Waals surface area contributed by atoms with Gasteiger partial charge in [-0.25, -0.2) is 4.79 Å². The van der Waals surface area contributed by atoms with Gasteiger partial charge in [-0.2, -0.15) is 0 Å². The summed E-state index contributed by atoms with van der Waals surface area (Å²) in [6, 6.07) is 0. The summed E-state index contributed by atoms with van der Waals surface area (Å²) in [7, 11) is 1.32. The van der Waals surface area contributed by atoms with Gasteiger partial charge in [-0.05, 0) is 25.8 Å². The van der Waals surface area contributed by atoms with E-state index in [1.807, 2.05) is 13.8 Å². The number of anilines is 1. The highest BCUT2D eigenvalue weighted by molar-refractivity contribution is 7.16. The van der Waals surface area contributed by atoms with E-state index in [2.05, 4.69) is 10.6 Å². The molecule has 1 atom stereocenters. The number of carbonyl (C=O) groups is 3. The number of piperidine rings is 1. The number of hydrogen-bond donors (Lipinski definition) is 2. The van der Waals surface area contributed by atoms with Gasteiger partial charge >= 0.3 is 5.97 Å². The molecule has 0 radical (unpaired) electrons. The number of rotatable bonds is 3. The predicted octanol–water partition coefficient (Wildman–Crippen LogP) is 1.62. The molecule has 6 nitrogen and oxygen atoms in total. The van der Waals surface area contributed by atoms with Crippen molar-refractivity contribution in [3.63, 3.8) is 0 Å². The number of methoxy groups -OCH3 is 1. The fraction of sp³-hybridized carbons (Fsp3) is 0.500. The van der Waals surface area contributed by atoms with Crippen LogP contribution in [0.25, 0.3) is 0 Å². The average molecular weight is 310 g/mol. The first kappa shape index (κ1) is 15.5. The van der Waals surface area contributed by atoms with E-state index in [4.69, 9.17) is 4.74 Å². The molecule has 1 aliphatic rings. The van der Waals surface area contributed by atoms with E-state index in [0.717, 1.165) is 10.4 Å². The normalized spacial score (nSPS) is 18.0. The van der Waals surface area contributed by atoms with Crippen molar-refractivity contribution < 1.29 is 19.1 Å². The molecule has 0 aromatic carbocycles. The minimum absolute atomic E-state index is 0.0305. The molecule has 2 amide bonds. The summed E-state index contributed by atoms with van der Waals surface area (Å²) in [6.07, 6.45) is 0.874. The van der Waals surface area contributed by atoms with Crippen LogP contribution in [0.1, 0.15) is 33.6 Å². The van der Waals surface area contributed by atoms with E-state index in [1.54, 1.807) is 0 Å². The van der Waals surface area contributed by atoms with Crippen LogP contribution in [0.15, 0.2) is 0 Å². The summed E-state index contributed by atoms with van der Waals surface area (Å²) in [5, 5.41) is 5.99. The Morgan fingerprint density at radius 3 is 2.67 bits per heavy atom. The minimum Gasteiger partial charge on any atom is -0.465 e. The van der Waals surface area contributed by atoms with Crippen LogP contribution in [-0.4, -0.2) is 31.4 Å². The van der Waals surface area contributed by atoms with Crippen molar-refractivity contribution in [3.05, 3.63) is 16.0 Å². The van der Waals surface area contributed by atoms with Gasteiger partial charge in [0.05, 0.1) is 18.6 Å². The Morgan fingerprint density at radius 1 is 1.38 bits per heavy atom. The third-order valence-electron chi connectivity index (χ3n) is 3.65. The van der Waals surface area contributed by atoms with E-state index < -0.39 is 5.97 Å². The maximum absolute atomic E-state index is 12.3. The highest BCUT2D eigenvalue weighted by Gasteiger charge is 2.27. The topological polar surface area (TPSA) is 84.5 Å². The molecule has 0 spiro atoms. The van der Waals surface area contributed by atoms with Crippen LogP contribution in [-0.2, 0) is 14.3 Å². The van der Waals surface area contributed by atoms with Crippen molar-refractivity contribution in [1.82, 2.24) is 5.32 Å². The SMILES string of the molecule is COC(=O)c1c(NC(=O)C2CCC(=O)NC2)sc(C)c1C. The molecule has 21 heavy (non-hydrogen) atoms. The Morgan fingerprint density at radius 2 is 2.10 bits per heavy atom. The highest BCUT2D eigenvalue weighted by atomic mass is 32.1. The second-order valence-corrected chi connectivity index (χ2v) is 6.23. The molecule has 0 saturated carbocycles. The zero-order chi connectivity index (χ0) is 15.6. The molecule has 1 aromatic rings. The Hall–Kier alpha value is -1.89. The molecule has 2 N–H and O–H groups in total. The van der Waals surface area contributed by atoms with Gasteiger partial charge in [0.15, 0.2) is 0 Å². The molecule has 0 bridgehead atoms. The Labute approximate surface area is 126 Å². The second-order valence-electron chi connectivity index (χ2n) is 5.01. The third kappa shape index (κ3) is 3.24. The van der Waals surface area contributed by atoms with Gasteiger partial charge in [-0.1, -0.05) is 0 Å². The monoisotopic (exact) mass is 310 g/mol. The van der Waals surface area contributed by atoms with Crippen LogP contribution in [0.2, 0.25) is 0 Å². The van der Waals surface area contributed by atoms with Gasteiger partial charge in [0.2, 0.25) is 11.8 Å². The minimum atomic E-state index is -0.455. The van der Waals surface area contributed by atoms with E-state index in [1.165, 1.54) is 18.4 Å². The molecule has 1 aromatic heterocycles. The molecular formula is C14H18N2O4S. The molecule has 1 saturated heterocycles. The Bertz CT molecular complexity index is 584. The summed E-state index contributed by atoms with van der Waals surface area (Å²) < 4.78 is 4.77. The maximum Gasteiger partial charge on any atom is 0.341 e. The summed E-state index contributed by atoms with van der Waals surface area (Å²) >= 11 is 1.36. The molecule has 2 rings (SSSR count). The Kier molecular flexibility index (Phi) is 4.62. The van der Waals surface area contributed by atoms with E-state index in [0.29, 0.717) is 30.0 Å². The van der Waals surface area contributed by atoms with Crippen LogP contribution in [0.4, 0.5) is 5.00 Å². The number of thiophene rings is 1. The predicted molar refractivity (Wildman–Crippen MR) is 79.5 cm³/mol. The number of carbonyl (C=O) groups excluding carboxylic acids is 3. The van der Waals surface area contributed by atoms with Crippen LogP contribution >= 0.6 is 11.3 Å². The van der Waals surface area contributed by atoms with Gasteiger partial charge in [0, 0.05) is 17.8 Å². The van der Waals surface area contributed by atoms with Crippen LogP contribution in [0.3, 0.4) is 0 Å². The molecule has 2 heterocycles. The largest absolute Gasteiger partial charge is 0.465 e. The van der Waals surface area contributed by atoms with Crippen molar-refractivity contribution in [2.75, 3.05) is 19.0 Å². The second kappa shape index (κ2) is 6.26. The number of nitrogens with one attached hydrogen (secondary N) is 2. The van der Waals surface area contributed by atoms with E-state index in [-0.39, 0.29) is 17.7 Å². The van der Waals surface area contributed by atoms with Crippen LogP contribution in [0, 0.1) is 19.8 Å². The molecule has 0 aliphatic carbocycles. The number of hydrogen-bond acceptors (Lipinski definition) is 5. The highest BCUT2D eigenvalue weighted by Crippen LogP contribution is 2.33. The fourth-order valence-electron chi connectivity index (χ4n) is 2.23. The van der Waals surface area contributed by atoms with Crippen molar-refractivity contribution >= 4 is 34.1 Å². The summed E-state index contributed by atoms with van der Waals surface area (Å²) in [5.74, 6) is -0.932. The van der Waals surface area contributed by atoms with Gasteiger partial charge in [0.25, 0.3) is 0 Å². The van der Waals surface area contributed by atoms with Gasteiger partial charge < -0.3 is 15.4 Å². The lowest BCUT2D eigenvalue weighted by atomic mass is 9.98. The molecule has 1 fully saturated rings. The number of aryl methyl sites for hydroxylation is 1. The zero-order valence-corrected chi connectivity index (χ0v) is 13.1. The van der Waals surface area contributed by atoms with Gasteiger partial charge in [0.1, 0.15) is 5.00 Å². The number of ether oxygens (including phenoxy) is 1. The van der Waals surface area contributed by atoms with Gasteiger partial charge in [-0.15, -0.1) is 11.3 Å². The van der Waals surface area contributed by atoms with Crippen LogP contribution in [0.5, 0.6) is 0 Å². The number of amides is 2. The molecule has 114 valence electrons. The standard InChI is InChI=1S/C14H18N2O4S/c1-7-8(2)21-13(11(7)14(19)20-3)16-12(18)9-4-5-10(17)15-6-9/h9H,4-6H2,1-3H3,(H,15,17)(H,16,18). The maximum atomic E-state index is 12.3. The smallest absolute Gasteiger partial charge is 0.341 e. The first-order valence-electron chi connectivity index (χ1n) is 6.70. The number of esters is 1. The quantitative estimate of drug-likeness (QED) is 0.831. The summed E-state index contributed by atoms with van der Waals surface area (Å²) in [6.45, 7) is 4.05. The summed E-state index contributed by atoms with van der Waals surface area (Å²) in [4.78, 5) is 36.2. The molecular weight excluding hydrogens is 292 g/mol.